The van der Waals surface area contributed by atoms with Crippen molar-refractivity contribution >= 4 is 12.2 Å². The number of hydrogen-bond acceptors (Lipinski definition) is 3. The normalized spacial score (nSPS) is 13.1. The van der Waals surface area contributed by atoms with E-state index in [2.05, 4.69) is 41.3 Å². The lowest BCUT2D eigenvalue weighted by Crippen LogP contribution is -2.10. The predicted octanol–water partition coefficient (Wildman–Crippen LogP) is 3.90. The molecule has 0 saturated carbocycles. The third-order valence-corrected chi connectivity index (χ3v) is 3.79. The Hall–Kier alpha value is -2.62. The average Bonchev–Trinajstić information content (AvgIpc) is 2.65. The van der Waals surface area contributed by atoms with E-state index in [1.807, 2.05) is 24.3 Å². The molecule has 0 aliphatic heterocycles. The van der Waals surface area contributed by atoms with E-state index in [9.17, 15) is 10.1 Å². The molecule has 0 unspecified atom stereocenters. The Morgan fingerprint density at radius 1 is 0.952 bits per heavy atom. The van der Waals surface area contributed by atoms with Gasteiger partial charge < -0.3 is 4.84 Å². The van der Waals surface area contributed by atoms with Gasteiger partial charge in [-0.1, -0.05) is 60.7 Å². The van der Waals surface area contributed by atoms with Gasteiger partial charge in [0.15, 0.2) is 0 Å². The van der Waals surface area contributed by atoms with Crippen LogP contribution in [0.2, 0.25) is 0 Å². The van der Waals surface area contributed by atoms with Crippen LogP contribution in [0.15, 0.2) is 48.5 Å². The quantitative estimate of drug-likeness (QED) is 0.631. The van der Waals surface area contributed by atoms with Crippen LogP contribution in [0.25, 0.3) is 12.2 Å². The maximum absolute atomic E-state index is 10.4. The zero-order chi connectivity index (χ0) is 14.7. The van der Waals surface area contributed by atoms with Crippen molar-refractivity contribution in [2.75, 3.05) is 6.61 Å². The van der Waals surface area contributed by atoms with Crippen LogP contribution in [0.1, 0.15) is 34.6 Å². The largest absolute Gasteiger partial charge is 0.314 e. The van der Waals surface area contributed by atoms with Crippen molar-refractivity contribution in [3.05, 3.63) is 80.9 Å². The van der Waals surface area contributed by atoms with Gasteiger partial charge in [-0.3, -0.25) is 0 Å². The zero-order valence-corrected chi connectivity index (χ0v) is 11.4. The van der Waals surface area contributed by atoms with Crippen molar-refractivity contribution in [2.45, 2.75) is 12.3 Å². The minimum atomic E-state index is -0.729. The number of fused-ring (bicyclic) bond motifs is 2. The molecular weight excluding hydrogens is 266 g/mol. The van der Waals surface area contributed by atoms with Gasteiger partial charge >= 0.3 is 0 Å². The Kier molecular flexibility index (Phi) is 3.69. The highest BCUT2D eigenvalue weighted by atomic mass is 16.9. The first-order valence-corrected chi connectivity index (χ1v) is 6.89. The van der Waals surface area contributed by atoms with E-state index in [-0.39, 0.29) is 12.5 Å². The first kappa shape index (κ1) is 13.4. The lowest BCUT2D eigenvalue weighted by molar-refractivity contribution is -0.757. The van der Waals surface area contributed by atoms with E-state index in [0.717, 1.165) is 11.1 Å². The highest BCUT2D eigenvalue weighted by Crippen LogP contribution is 2.36. The summed E-state index contributed by atoms with van der Waals surface area (Å²) in [4.78, 5) is 14.9. The van der Waals surface area contributed by atoms with Gasteiger partial charge in [-0.15, -0.1) is 10.1 Å². The van der Waals surface area contributed by atoms with Crippen LogP contribution >= 0.6 is 0 Å². The minimum Gasteiger partial charge on any atom is -0.314 e. The van der Waals surface area contributed by atoms with E-state index < -0.39 is 5.09 Å². The lowest BCUT2D eigenvalue weighted by Gasteiger charge is -2.19. The van der Waals surface area contributed by atoms with Crippen LogP contribution in [0.3, 0.4) is 0 Å². The first-order chi connectivity index (χ1) is 10.3. The molecule has 0 heterocycles. The van der Waals surface area contributed by atoms with Gasteiger partial charge in [-0.2, -0.15) is 0 Å². The molecule has 0 fully saturated rings. The molecule has 4 nitrogen and oxygen atoms in total. The Labute approximate surface area is 122 Å². The molecule has 3 rings (SSSR count). The Morgan fingerprint density at radius 2 is 1.48 bits per heavy atom. The van der Waals surface area contributed by atoms with E-state index in [4.69, 9.17) is 0 Å². The van der Waals surface area contributed by atoms with Gasteiger partial charge in [-0.05, 0) is 28.7 Å². The summed E-state index contributed by atoms with van der Waals surface area (Å²) in [6.45, 7) is 0.0976. The maximum Gasteiger partial charge on any atom is 0.294 e. The van der Waals surface area contributed by atoms with Gasteiger partial charge in [0, 0.05) is 5.92 Å². The van der Waals surface area contributed by atoms with Crippen molar-refractivity contribution < 1.29 is 9.92 Å². The number of nitrogens with zero attached hydrogens (tertiary/aromatic N) is 1. The summed E-state index contributed by atoms with van der Waals surface area (Å²) in [5, 5.41) is 9.64. The summed E-state index contributed by atoms with van der Waals surface area (Å²) in [6.07, 6.45) is 4.78. The highest BCUT2D eigenvalue weighted by Gasteiger charge is 2.21. The van der Waals surface area contributed by atoms with Crippen molar-refractivity contribution in [1.82, 2.24) is 0 Å². The van der Waals surface area contributed by atoms with Crippen molar-refractivity contribution in [3.8, 4) is 0 Å². The third kappa shape index (κ3) is 2.79. The Bertz CT molecular complexity index is 644. The highest BCUT2D eigenvalue weighted by molar-refractivity contribution is 5.76. The van der Waals surface area contributed by atoms with Crippen molar-refractivity contribution in [1.29, 1.82) is 0 Å². The SMILES string of the molecule is O=[N+]([O-])OCCC1c2ccccc2C=Cc2ccccc21. The summed E-state index contributed by atoms with van der Waals surface area (Å²) in [5.74, 6) is 0.104. The molecule has 4 heteroatoms. The second-order valence-corrected chi connectivity index (χ2v) is 4.99. The predicted molar refractivity (Wildman–Crippen MR) is 81.2 cm³/mol. The molecule has 106 valence electrons. The molecule has 0 aromatic heterocycles. The second kappa shape index (κ2) is 5.79. The summed E-state index contributed by atoms with van der Waals surface area (Å²) in [7, 11) is 0. The molecule has 0 bridgehead atoms. The third-order valence-electron chi connectivity index (χ3n) is 3.79. The van der Waals surface area contributed by atoms with Gasteiger partial charge in [0.1, 0.15) is 0 Å². The average molecular weight is 281 g/mol. The summed E-state index contributed by atoms with van der Waals surface area (Å²) < 4.78 is 0. The molecule has 0 atom stereocenters. The molecule has 1 aliphatic rings. The van der Waals surface area contributed by atoms with Crippen LogP contribution in [0.4, 0.5) is 0 Å². The Balaban J connectivity index is 2.00. The molecule has 2 aromatic carbocycles. The fourth-order valence-corrected chi connectivity index (χ4v) is 2.86. The topological polar surface area (TPSA) is 52.4 Å². The standard InChI is InChI=1S/C17H15NO3/c19-18(20)21-12-11-17-15-7-3-1-5-13(15)9-10-14-6-2-4-8-16(14)17/h1-10,17H,11-12H2. The smallest absolute Gasteiger partial charge is 0.294 e. The van der Waals surface area contributed by atoms with E-state index in [1.54, 1.807) is 0 Å². The molecule has 0 N–H and O–H groups in total. The first-order valence-electron chi connectivity index (χ1n) is 6.89. The summed E-state index contributed by atoms with van der Waals surface area (Å²) in [6, 6.07) is 16.3. The molecule has 2 aromatic rings. The fraction of sp³-hybridized carbons (Fsp3) is 0.176. The molecule has 1 aliphatic carbocycles. The number of hydrogen-bond donors (Lipinski definition) is 0. The summed E-state index contributed by atoms with van der Waals surface area (Å²) in [5.41, 5.74) is 4.68. The molecule has 0 radical (unpaired) electrons. The van der Waals surface area contributed by atoms with Gasteiger partial charge in [0.05, 0.1) is 6.61 Å². The van der Waals surface area contributed by atoms with Crippen LogP contribution in [-0.4, -0.2) is 11.7 Å². The molecular formula is C17H15NO3. The van der Waals surface area contributed by atoms with Crippen molar-refractivity contribution in [2.24, 2.45) is 0 Å². The number of benzene rings is 2. The Morgan fingerprint density at radius 3 is 2.00 bits per heavy atom. The van der Waals surface area contributed by atoms with Gasteiger partial charge in [0.25, 0.3) is 5.09 Å². The van der Waals surface area contributed by atoms with E-state index in [1.165, 1.54) is 11.1 Å². The van der Waals surface area contributed by atoms with Gasteiger partial charge in [0.2, 0.25) is 0 Å². The van der Waals surface area contributed by atoms with Gasteiger partial charge in [-0.25, -0.2) is 0 Å². The minimum absolute atomic E-state index is 0.0976. The monoisotopic (exact) mass is 281 g/mol. The molecule has 21 heavy (non-hydrogen) atoms. The van der Waals surface area contributed by atoms with Crippen LogP contribution in [0.5, 0.6) is 0 Å². The lowest BCUT2D eigenvalue weighted by atomic mass is 9.85. The van der Waals surface area contributed by atoms with E-state index >= 15 is 0 Å². The zero-order valence-electron chi connectivity index (χ0n) is 11.4. The van der Waals surface area contributed by atoms with Crippen LogP contribution in [0, 0.1) is 10.1 Å². The maximum atomic E-state index is 10.4. The van der Waals surface area contributed by atoms with Crippen LogP contribution in [-0.2, 0) is 4.84 Å². The van der Waals surface area contributed by atoms with Crippen molar-refractivity contribution in [3.63, 3.8) is 0 Å². The summed E-state index contributed by atoms with van der Waals surface area (Å²) >= 11 is 0. The molecule has 0 spiro atoms. The second-order valence-electron chi connectivity index (χ2n) is 4.99. The number of rotatable bonds is 4. The van der Waals surface area contributed by atoms with E-state index in [0.29, 0.717) is 6.42 Å². The molecule has 0 amide bonds. The van der Waals surface area contributed by atoms with Crippen LogP contribution < -0.4 is 0 Å². The fourth-order valence-electron chi connectivity index (χ4n) is 2.86. The molecule has 0 saturated heterocycles.